The number of pyridine rings is 1. The number of aryl methyl sites for hydroxylation is 1. The number of hydrogen-bond donors (Lipinski definition) is 0. The van der Waals surface area contributed by atoms with Crippen molar-refractivity contribution in [3.63, 3.8) is 0 Å². The molecule has 0 aromatic carbocycles. The second kappa shape index (κ2) is 2.77. The summed E-state index contributed by atoms with van der Waals surface area (Å²) in [5, 5.41) is 0. The lowest BCUT2D eigenvalue weighted by Gasteiger charge is -1.94. The summed E-state index contributed by atoms with van der Waals surface area (Å²) in [7, 11) is 0. The Kier molecular flexibility index (Phi) is 1.63. The smallest absolute Gasteiger partial charge is 0.181 e. The third kappa shape index (κ3) is 1.09. The van der Waals surface area contributed by atoms with E-state index in [1.807, 2.05) is 19.1 Å². The molecule has 2 aromatic rings. The number of nitrogens with zero attached hydrogens (tertiary/aromatic N) is 2. The highest BCUT2D eigenvalue weighted by Gasteiger charge is 2.04. The Morgan fingerprint density at radius 1 is 1.42 bits per heavy atom. The second-order valence-electron chi connectivity index (χ2n) is 2.51. The van der Waals surface area contributed by atoms with Crippen molar-refractivity contribution in [3.05, 3.63) is 36.6 Å². The third-order valence-corrected chi connectivity index (χ3v) is 1.67. The molecule has 0 bridgehead atoms. The maximum absolute atomic E-state index is 5.20. The second-order valence-corrected chi connectivity index (χ2v) is 2.51. The Morgan fingerprint density at radius 3 is 2.92 bits per heavy atom. The fourth-order valence-electron chi connectivity index (χ4n) is 1.08. The zero-order chi connectivity index (χ0) is 8.39. The Morgan fingerprint density at radius 2 is 2.33 bits per heavy atom. The molecule has 0 N–H and O–H groups in total. The first kappa shape index (κ1) is 7.03. The summed E-state index contributed by atoms with van der Waals surface area (Å²) in [5.41, 5.74) is 1.86. The van der Waals surface area contributed by atoms with Crippen molar-refractivity contribution >= 4 is 0 Å². The van der Waals surface area contributed by atoms with E-state index >= 15 is 0 Å². The van der Waals surface area contributed by atoms with Crippen molar-refractivity contribution in [2.45, 2.75) is 6.92 Å². The average molecular weight is 160 g/mol. The molecule has 3 heteroatoms. The number of oxazole rings is 1. The van der Waals surface area contributed by atoms with Crippen molar-refractivity contribution in [2.75, 3.05) is 0 Å². The molecule has 60 valence electrons. The van der Waals surface area contributed by atoms with Gasteiger partial charge < -0.3 is 4.42 Å². The summed E-state index contributed by atoms with van der Waals surface area (Å²) in [6.07, 6.45) is 4.93. The molecule has 0 fully saturated rings. The molecular formula is C9H8N2O. The molecule has 0 unspecified atom stereocenters. The van der Waals surface area contributed by atoms with Gasteiger partial charge in [-0.3, -0.25) is 4.98 Å². The number of aromatic nitrogens is 2. The Balaban J connectivity index is 2.51. The molecule has 2 heterocycles. The van der Waals surface area contributed by atoms with Crippen LogP contribution in [0.5, 0.6) is 0 Å². The van der Waals surface area contributed by atoms with Crippen LogP contribution in [0.1, 0.15) is 5.69 Å². The summed E-state index contributed by atoms with van der Waals surface area (Å²) in [5.74, 6) is 0.795. The van der Waals surface area contributed by atoms with E-state index < -0.39 is 0 Å². The van der Waals surface area contributed by atoms with Gasteiger partial charge in [0.15, 0.2) is 12.2 Å². The molecular weight excluding hydrogens is 152 g/mol. The number of hydrogen-bond acceptors (Lipinski definition) is 3. The Labute approximate surface area is 70.1 Å². The first-order valence-electron chi connectivity index (χ1n) is 3.68. The van der Waals surface area contributed by atoms with Crippen LogP contribution in [0.15, 0.2) is 35.3 Å². The van der Waals surface area contributed by atoms with Gasteiger partial charge in [0.1, 0.15) is 0 Å². The fraction of sp³-hybridized carbons (Fsp3) is 0.111. The van der Waals surface area contributed by atoms with E-state index in [1.165, 1.54) is 6.39 Å². The lowest BCUT2D eigenvalue weighted by atomic mass is 10.2. The minimum atomic E-state index is 0.795. The molecule has 0 saturated heterocycles. The zero-order valence-corrected chi connectivity index (χ0v) is 6.69. The molecule has 12 heavy (non-hydrogen) atoms. The molecule has 0 atom stereocenters. The van der Waals surface area contributed by atoms with Gasteiger partial charge in [-0.2, -0.15) is 0 Å². The lowest BCUT2D eigenvalue weighted by molar-refractivity contribution is 0.571. The monoisotopic (exact) mass is 160 g/mol. The van der Waals surface area contributed by atoms with Crippen LogP contribution in [0, 0.1) is 6.92 Å². The predicted octanol–water partition coefficient (Wildman–Crippen LogP) is 2.05. The largest absolute Gasteiger partial charge is 0.443 e. The summed E-state index contributed by atoms with van der Waals surface area (Å²) in [6.45, 7) is 1.91. The SMILES string of the molecule is Cc1ncoc1-c1cccnc1. The van der Waals surface area contributed by atoms with Crippen molar-refractivity contribution < 1.29 is 4.42 Å². The summed E-state index contributed by atoms with van der Waals surface area (Å²) >= 11 is 0. The van der Waals surface area contributed by atoms with E-state index in [0.717, 1.165) is 17.0 Å². The van der Waals surface area contributed by atoms with E-state index in [-0.39, 0.29) is 0 Å². The summed E-state index contributed by atoms with van der Waals surface area (Å²) < 4.78 is 5.20. The van der Waals surface area contributed by atoms with Crippen LogP contribution in [0.25, 0.3) is 11.3 Å². The van der Waals surface area contributed by atoms with E-state index in [0.29, 0.717) is 0 Å². The van der Waals surface area contributed by atoms with E-state index in [9.17, 15) is 0 Å². The predicted molar refractivity (Wildman–Crippen MR) is 44.5 cm³/mol. The Bertz CT molecular complexity index is 367. The highest BCUT2D eigenvalue weighted by atomic mass is 16.3. The topological polar surface area (TPSA) is 38.9 Å². The maximum Gasteiger partial charge on any atom is 0.181 e. The first-order chi connectivity index (χ1) is 5.88. The maximum atomic E-state index is 5.20. The molecule has 0 aliphatic carbocycles. The van der Waals surface area contributed by atoms with Crippen molar-refractivity contribution in [3.8, 4) is 11.3 Å². The van der Waals surface area contributed by atoms with Crippen LogP contribution < -0.4 is 0 Å². The van der Waals surface area contributed by atoms with Crippen molar-refractivity contribution in [1.82, 2.24) is 9.97 Å². The van der Waals surface area contributed by atoms with Crippen LogP contribution in [-0.2, 0) is 0 Å². The average Bonchev–Trinajstić information content (AvgIpc) is 2.53. The minimum absolute atomic E-state index is 0.795. The third-order valence-electron chi connectivity index (χ3n) is 1.67. The van der Waals surface area contributed by atoms with E-state index in [4.69, 9.17) is 4.42 Å². The standard InChI is InChI=1S/C9H8N2O/c1-7-9(12-6-11-7)8-3-2-4-10-5-8/h2-6H,1H3. The van der Waals surface area contributed by atoms with Gasteiger partial charge in [0.2, 0.25) is 0 Å². The Hall–Kier alpha value is -1.64. The van der Waals surface area contributed by atoms with Gasteiger partial charge in [0.25, 0.3) is 0 Å². The molecule has 0 aliphatic rings. The van der Waals surface area contributed by atoms with Gasteiger partial charge in [-0.15, -0.1) is 0 Å². The molecule has 3 nitrogen and oxygen atoms in total. The fourth-order valence-corrected chi connectivity index (χ4v) is 1.08. The van der Waals surface area contributed by atoms with E-state index in [2.05, 4.69) is 9.97 Å². The zero-order valence-electron chi connectivity index (χ0n) is 6.69. The van der Waals surface area contributed by atoms with Gasteiger partial charge >= 0.3 is 0 Å². The van der Waals surface area contributed by atoms with E-state index in [1.54, 1.807) is 12.4 Å². The highest BCUT2D eigenvalue weighted by molar-refractivity contribution is 5.57. The lowest BCUT2D eigenvalue weighted by Crippen LogP contribution is -1.79. The summed E-state index contributed by atoms with van der Waals surface area (Å²) in [6, 6.07) is 3.82. The quantitative estimate of drug-likeness (QED) is 0.640. The van der Waals surface area contributed by atoms with Crippen molar-refractivity contribution in [2.24, 2.45) is 0 Å². The molecule has 0 spiro atoms. The first-order valence-corrected chi connectivity index (χ1v) is 3.68. The molecule has 2 rings (SSSR count). The van der Waals surface area contributed by atoms with Crippen LogP contribution >= 0.6 is 0 Å². The molecule has 0 saturated carbocycles. The summed E-state index contributed by atoms with van der Waals surface area (Å²) in [4.78, 5) is 7.99. The molecule has 0 aliphatic heterocycles. The van der Waals surface area contributed by atoms with Crippen LogP contribution in [0.4, 0.5) is 0 Å². The van der Waals surface area contributed by atoms with Crippen LogP contribution in [0.3, 0.4) is 0 Å². The highest BCUT2D eigenvalue weighted by Crippen LogP contribution is 2.20. The van der Waals surface area contributed by atoms with Gasteiger partial charge in [-0.25, -0.2) is 4.98 Å². The normalized spacial score (nSPS) is 10.1. The van der Waals surface area contributed by atoms with Crippen LogP contribution in [-0.4, -0.2) is 9.97 Å². The number of rotatable bonds is 1. The molecule has 0 amide bonds. The minimum Gasteiger partial charge on any atom is -0.443 e. The van der Waals surface area contributed by atoms with Crippen molar-refractivity contribution in [1.29, 1.82) is 0 Å². The van der Waals surface area contributed by atoms with Crippen LogP contribution in [0.2, 0.25) is 0 Å². The molecule has 0 radical (unpaired) electrons. The molecule has 2 aromatic heterocycles. The van der Waals surface area contributed by atoms with Gasteiger partial charge in [0.05, 0.1) is 5.69 Å². The van der Waals surface area contributed by atoms with Gasteiger partial charge in [-0.05, 0) is 19.1 Å². The van der Waals surface area contributed by atoms with Gasteiger partial charge in [0, 0.05) is 18.0 Å². The van der Waals surface area contributed by atoms with Gasteiger partial charge in [-0.1, -0.05) is 0 Å².